The normalized spacial score (nSPS) is 18.1. The Kier molecular flexibility index (Phi) is 2.66. The van der Waals surface area contributed by atoms with Crippen molar-refractivity contribution >= 4 is 34.6 Å². The van der Waals surface area contributed by atoms with Gasteiger partial charge in [-0.2, -0.15) is 0 Å². The van der Waals surface area contributed by atoms with Gasteiger partial charge in [-0.25, -0.2) is 0 Å². The minimum Gasteiger partial charge on any atom is -0.479 e. The van der Waals surface area contributed by atoms with Crippen molar-refractivity contribution in [3.63, 3.8) is 0 Å². The minimum absolute atomic E-state index is 0.150. The number of thiocarbonyl (C=S) groups is 1. The van der Waals surface area contributed by atoms with Crippen molar-refractivity contribution < 1.29 is 9.53 Å². The number of nitrogens with two attached hydrogens (primary N) is 1. The minimum atomic E-state index is -0.493. The predicted octanol–water partition coefficient (Wildman–Crippen LogP) is 1.06. The van der Waals surface area contributed by atoms with Gasteiger partial charge in [0.15, 0.2) is 11.2 Å². The summed E-state index contributed by atoms with van der Waals surface area (Å²) in [6.45, 7) is 1.69. The molecule has 0 saturated heterocycles. The molecule has 0 saturated carbocycles. The largest absolute Gasteiger partial charge is 0.479 e. The van der Waals surface area contributed by atoms with Crippen LogP contribution in [0.25, 0.3) is 0 Å². The number of hydrogen-bond donors (Lipinski definition) is 3. The van der Waals surface area contributed by atoms with Crippen LogP contribution in [0, 0.1) is 0 Å². The van der Waals surface area contributed by atoms with Crippen molar-refractivity contribution in [1.82, 2.24) is 0 Å². The first-order chi connectivity index (χ1) is 7.56. The lowest BCUT2D eigenvalue weighted by Crippen LogP contribution is -2.34. The summed E-state index contributed by atoms with van der Waals surface area (Å²) in [4.78, 5) is 11.3. The smallest absolute Gasteiger partial charge is 0.265 e. The first-order valence-electron chi connectivity index (χ1n) is 4.74. The van der Waals surface area contributed by atoms with Crippen LogP contribution in [0.5, 0.6) is 5.75 Å². The standard InChI is InChI=1S/C10H11N3O2S/c1-5-9(14)13-7-3-2-6(12-10(11)16)4-8(7)15-5/h2-5H,1H3,(H,13,14)(H3,11,12,16). The Morgan fingerprint density at radius 3 is 3.06 bits per heavy atom. The summed E-state index contributed by atoms with van der Waals surface area (Å²) in [6.07, 6.45) is -0.493. The fourth-order valence-electron chi connectivity index (χ4n) is 1.42. The van der Waals surface area contributed by atoms with Gasteiger partial charge in [-0.05, 0) is 31.3 Å². The lowest BCUT2D eigenvalue weighted by Gasteiger charge is -2.23. The van der Waals surface area contributed by atoms with Gasteiger partial charge in [0.1, 0.15) is 5.75 Å². The van der Waals surface area contributed by atoms with Crippen LogP contribution in [-0.4, -0.2) is 17.1 Å². The van der Waals surface area contributed by atoms with Gasteiger partial charge in [-0.1, -0.05) is 0 Å². The Labute approximate surface area is 98.0 Å². The summed E-state index contributed by atoms with van der Waals surface area (Å²) < 4.78 is 5.43. The number of carbonyl (C=O) groups is 1. The SMILES string of the molecule is CC1Oc2cc(NC(N)=S)ccc2NC1=O. The number of benzene rings is 1. The molecule has 5 nitrogen and oxygen atoms in total. The zero-order valence-electron chi connectivity index (χ0n) is 8.61. The van der Waals surface area contributed by atoms with Gasteiger partial charge in [0, 0.05) is 11.8 Å². The van der Waals surface area contributed by atoms with E-state index in [2.05, 4.69) is 10.6 Å². The van der Waals surface area contributed by atoms with Gasteiger partial charge in [0.05, 0.1) is 5.69 Å². The molecule has 0 bridgehead atoms. The van der Waals surface area contributed by atoms with Crippen molar-refractivity contribution in [1.29, 1.82) is 0 Å². The lowest BCUT2D eigenvalue weighted by molar-refractivity contribution is -0.122. The zero-order chi connectivity index (χ0) is 11.7. The number of rotatable bonds is 1. The fraction of sp³-hybridized carbons (Fsp3) is 0.200. The second-order valence-electron chi connectivity index (χ2n) is 3.45. The van der Waals surface area contributed by atoms with E-state index in [9.17, 15) is 4.79 Å². The second-order valence-corrected chi connectivity index (χ2v) is 3.89. The quantitative estimate of drug-likeness (QED) is 0.637. The van der Waals surface area contributed by atoms with Crippen LogP contribution in [0.15, 0.2) is 18.2 Å². The van der Waals surface area contributed by atoms with E-state index in [4.69, 9.17) is 22.7 Å². The molecular weight excluding hydrogens is 226 g/mol. The highest BCUT2D eigenvalue weighted by Crippen LogP contribution is 2.32. The summed E-state index contributed by atoms with van der Waals surface area (Å²) in [5.41, 5.74) is 6.74. The third-order valence-electron chi connectivity index (χ3n) is 2.18. The number of ether oxygens (including phenoxy) is 1. The molecule has 1 aliphatic rings. The summed E-state index contributed by atoms with van der Waals surface area (Å²) in [5, 5.41) is 5.72. The number of fused-ring (bicyclic) bond motifs is 1. The summed E-state index contributed by atoms with van der Waals surface area (Å²) >= 11 is 4.73. The average Bonchev–Trinajstić information content (AvgIpc) is 2.19. The van der Waals surface area contributed by atoms with Gasteiger partial charge in [-0.3, -0.25) is 4.79 Å². The van der Waals surface area contributed by atoms with E-state index < -0.39 is 6.10 Å². The Morgan fingerprint density at radius 1 is 1.62 bits per heavy atom. The predicted molar refractivity (Wildman–Crippen MR) is 65.6 cm³/mol. The molecule has 2 rings (SSSR count). The maximum absolute atomic E-state index is 11.3. The van der Waals surface area contributed by atoms with Gasteiger partial charge < -0.3 is 21.1 Å². The van der Waals surface area contributed by atoms with Crippen LogP contribution in [0.4, 0.5) is 11.4 Å². The highest BCUT2D eigenvalue weighted by Gasteiger charge is 2.23. The molecule has 1 aliphatic heterocycles. The summed E-state index contributed by atoms with van der Waals surface area (Å²) in [7, 11) is 0. The van der Waals surface area contributed by atoms with Crippen molar-refractivity contribution in [3.05, 3.63) is 18.2 Å². The molecule has 1 unspecified atom stereocenters. The van der Waals surface area contributed by atoms with Gasteiger partial charge in [-0.15, -0.1) is 0 Å². The highest BCUT2D eigenvalue weighted by molar-refractivity contribution is 7.80. The van der Waals surface area contributed by atoms with Gasteiger partial charge in [0.2, 0.25) is 0 Å². The molecular formula is C10H11N3O2S. The number of hydrogen-bond acceptors (Lipinski definition) is 3. The van der Waals surface area contributed by atoms with E-state index in [0.29, 0.717) is 11.4 Å². The van der Waals surface area contributed by atoms with Crippen LogP contribution in [0.3, 0.4) is 0 Å². The van der Waals surface area contributed by atoms with E-state index in [1.165, 1.54) is 0 Å². The molecule has 1 heterocycles. The first kappa shape index (κ1) is 10.7. The molecule has 1 aromatic rings. The number of nitrogens with one attached hydrogen (secondary N) is 2. The van der Waals surface area contributed by atoms with Crippen molar-refractivity contribution in [2.24, 2.45) is 5.73 Å². The molecule has 0 fully saturated rings. The Hall–Kier alpha value is -1.82. The van der Waals surface area contributed by atoms with E-state index in [-0.39, 0.29) is 11.0 Å². The molecule has 0 aromatic heterocycles. The molecule has 1 amide bonds. The Balaban J connectivity index is 2.29. The van der Waals surface area contributed by atoms with Crippen molar-refractivity contribution in [2.75, 3.05) is 10.6 Å². The van der Waals surface area contributed by atoms with Crippen LogP contribution < -0.4 is 21.1 Å². The van der Waals surface area contributed by atoms with E-state index >= 15 is 0 Å². The number of amides is 1. The van der Waals surface area contributed by atoms with Gasteiger partial charge >= 0.3 is 0 Å². The second kappa shape index (κ2) is 3.97. The number of carbonyl (C=O) groups excluding carboxylic acids is 1. The van der Waals surface area contributed by atoms with E-state index in [1.54, 1.807) is 25.1 Å². The molecule has 4 N–H and O–H groups in total. The average molecular weight is 237 g/mol. The molecule has 0 spiro atoms. The molecule has 6 heteroatoms. The third-order valence-corrected chi connectivity index (χ3v) is 2.28. The molecule has 16 heavy (non-hydrogen) atoms. The molecule has 84 valence electrons. The van der Waals surface area contributed by atoms with Gasteiger partial charge in [0.25, 0.3) is 5.91 Å². The molecule has 0 radical (unpaired) electrons. The van der Waals surface area contributed by atoms with Crippen LogP contribution in [0.2, 0.25) is 0 Å². The van der Waals surface area contributed by atoms with E-state index in [0.717, 1.165) is 5.69 Å². The summed E-state index contributed by atoms with van der Waals surface area (Å²) in [6, 6.07) is 5.24. The fourth-order valence-corrected chi connectivity index (χ4v) is 1.54. The van der Waals surface area contributed by atoms with Crippen molar-refractivity contribution in [3.8, 4) is 5.75 Å². The zero-order valence-corrected chi connectivity index (χ0v) is 9.43. The van der Waals surface area contributed by atoms with E-state index in [1.807, 2.05) is 0 Å². The molecule has 1 aromatic carbocycles. The topological polar surface area (TPSA) is 76.4 Å². The maximum Gasteiger partial charge on any atom is 0.265 e. The lowest BCUT2D eigenvalue weighted by atomic mass is 10.2. The number of anilines is 2. The molecule has 0 aliphatic carbocycles. The maximum atomic E-state index is 11.3. The molecule has 1 atom stereocenters. The highest BCUT2D eigenvalue weighted by atomic mass is 32.1. The Bertz CT molecular complexity index is 461. The Morgan fingerprint density at radius 2 is 2.38 bits per heavy atom. The third kappa shape index (κ3) is 2.06. The first-order valence-corrected chi connectivity index (χ1v) is 5.15. The van der Waals surface area contributed by atoms with Crippen molar-refractivity contribution in [2.45, 2.75) is 13.0 Å². The summed E-state index contributed by atoms with van der Waals surface area (Å²) in [5.74, 6) is 0.455. The van der Waals surface area contributed by atoms with Crippen LogP contribution in [0.1, 0.15) is 6.92 Å². The van der Waals surface area contributed by atoms with Crippen LogP contribution >= 0.6 is 12.2 Å². The monoisotopic (exact) mass is 237 g/mol. The van der Waals surface area contributed by atoms with Crippen LogP contribution in [-0.2, 0) is 4.79 Å².